The predicted molar refractivity (Wildman–Crippen MR) is 101 cm³/mol. The Morgan fingerprint density at radius 1 is 1.18 bits per heavy atom. The fourth-order valence-corrected chi connectivity index (χ4v) is 3.57. The number of rotatable bonds is 2. The van der Waals surface area contributed by atoms with E-state index in [1.807, 2.05) is 10.5 Å². The van der Waals surface area contributed by atoms with Crippen LogP contribution in [0.2, 0.25) is 0 Å². The van der Waals surface area contributed by atoms with E-state index in [9.17, 15) is 5.11 Å². The van der Waals surface area contributed by atoms with Crippen LogP contribution in [0.4, 0.5) is 0 Å². The van der Waals surface area contributed by atoms with Crippen molar-refractivity contribution >= 4 is 48.7 Å². The first kappa shape index (κ1) is 20.2. The van der Waals surface area contributed by atoms with Crippen molar-refractivity contribution in [2.45, 2.75) is 24.9 Å². The zero-order valence-electron chi connectivity index (χ0n) is 11.9. The van der Waals surface area contributed by atoms with Crippen LogP contribution in [0.15, 0.2) is 18.7 Å². The Bertz CT molecular complexity index is 585. The lowest BCUT2D eigenvalue weighted by Gasteiger charge is -2.23. The van der Waals surface area contributed by atoms with Gasteiger partial charge in [-0.3, -0.25) is 4.67 Å². The Hall–Kier alpha value is 0.180. The lowest BCUT2D eigenvalue weighted by Crippen LogP contribution is -2.25. The number of aromatic nitrogens is 3. The van der Waals surface area contributed by atoms with Gasteiger partial charge in [0, 0.05) is 23.8 Å². The quantitative estimate of drug-likeness (QED) is 0.668. The molecule has 11 heteroatoms. The van der Waals surface area contributed by atoms with Gasteiger partial charge in [0.05, 0.1) is 23.8 Å². The molecular formula is C11H22N4O3P4. The van der Waals surface area contributed by atoms with Crippen LogP contribution in [0, 0.1) is 0 Å². The number of aliphatic hydroxyl groups excluding tert-OH is 1. The first-order valence-corrected chi connectivity index (χ1v) is 8.50. The van der Waals surface area contributed by atoms with Crippen molar-refractivity contribution in [3.8, 4) is 0 Å². The number of hydrogen-bond donors (Lipinski definition) is 3. The van der Waals surface area contributed by atoms with E-state index in [0.717, 1.165) is 23.9 Å². The number of nitrogens with zero attached hydrogens (tertiary/aromatic N) is 4. The molecule has 3 rings (SSSR count). The average Bonchev–Trinajstić information content (AvgIpc) is 3.12. The molecule has 0 aromatic carbocycles. The molecule has 0 aliphatic carbocycles. The minimum Gasteiger partial charge on any atom is -0.395 e. The summed E-state index contributed by atoms with van der Waals surface area (Å²) in [6, 6.07) is 0.524. The van der Waals surface area contributed by atoms with Crippen molar-refractivity contribution in [3.05, 3.63) is 24.3 Å². The van der Waals surface area contributed by atoms with Gasteiger partial charge in [-0.15, -0.1) is 0 Å². The Labute approximate surface area is 139 Å². The SMILES string of the molecule is OCC1CCC(c2cn(P)c3cncnc23)N1P.OP.OP. The predicted octanol–water partition coefficient (Wildman–Crippen LogP) is 0.895. The highest BCUT2D eigenvalue weighted by atomic mass is 31.0. The van der Waals surface area contributed by atoms with Gasteiger partial charge in [0.1, 0.15) is 6.33 Å². The topological polar surface area (TPSA) is 94.6 Å². The molecule has 6 unspecified atom stereocenters. The van der Waals surface area contributed by atoms with Crippen LogP contribution < -0.4 is 0 Å². The average molecular weight is 382 g/mol. The van der Waals surface area contributed by atoms with Gasteiger partial charge in [-0.05, 0) is 41.2 Å². The smallest absolute Gasteiger partial charge is 0.116 e. The van der Waals surface area contributed by atoms with E-state index < -0.39 is 0 Å². The highest BCUT2D eigenvalue weighted by Crippen LogP contribution is 2.41. The second-order valence-corrected chi connectivity index (χ2v) is 5.78. The maximum Gasteiger partial charge on any atom is 0.116 e. The summed E-state index contributed by atoms with van der Waals surface area (Å²) in [5, 5.41) is 9.33. The molecule has 1 aliphatic rings. The van der Waals surface area contributed by atoms with Crippen molar-refractivity contribution in [2.75, 3.05) is 6.61 Å². The minimum absolute atomic E-state index is 0.203. The van der Waals surface area contributed by atoms with E-state index in [1.54, 1.807) is 6.33 Å². The highest BCUT2D eigenvalue weighted by Gasteiger charge is 2.33. The van der Waals surface area contributed by atoms with Gasteiger partial charge < -0.3 is 19.2 Å². The first-order chi connectivity index (χ1) is 10.7. The Balaban J connectivity index is 0.000000561. The molecule has 1 fully saturated rings. The molecule has 124 valence electrons. The fourth-order valence-electron chi connectivity index (χ4n) is 2.66. The van der Waals surface area contributed by atoms with Gasteiger partial charge in [0.25, 0.3) is 0 Å². The van der Waals surface area contributed by atoms with Crippen LogP contribution in [0.5, 0.6) is 0 Å². The second kappa shape index (κ2) is 10.1. The summed E-state index contributed by atoms with van der Waals surface area (Å²) in [4.78, 5) is 22.3. The van der Waals surface area contributed by atoms with E-state index in [4.69, 9.17) is 9.79 Å². The van der Waals surface area contributed by atoms with Crippen molar-refractivity contribution in [1.82, 2.24) is 19.0 Å². The molecule has 0 saturated carbocycles. The number of hydrogen-bond acceptors (Lipinski definition) is 6. The van der Waals surface area contributed by atoms with Crippen LogP contribution in [0.1, 0.15) is 24.4 Å². The van der Waals surface area contributed by atoms with Crippen LogP contribution in [0.25, 0.3) is 11.0 Å². The van der Waals surface area contributed by atoms with Gasteiger partial charge in [-0.2, -0.15) is 0 Å². The van der Waals surface area contributed by atoms with Crippen molar-refractivity contribution < 1.29 is 14.9 Å². The molecular weight excluding hydrogens is 360 g/mol. The zero-order valence-corrected chi connectivity index (χ0v) is 16.6. The summed E-state index contributed by atoms with van der Waals surface area (Å²) in [6.07, 6.45) is 7.56. The largest absolute Gasteiger partial charge is 0.395 e. The van der Waals surface area contributed by atoms with Gasteiger partial charge in [0.2, 0.25) is 0 Å². The van der Waals surface area contributed by atoms with E-state index in [1.165, 1.54) is 24.5 Å². The normalized spacial score (nSPS) is 21.0. The van der Waals surface area contributed by atoms with Crippen LogP contribution in [-0.2, 0) is 0 Å². The molecule has 0 spiro atoms. The summed E-state index contributed by atoms with van der Waals surface area (Å²) < 4.78 is 4.15. The lowest BCUT2D eigenvalue weighted by molar-refractivity contribution is 0.207. The van der Waals surface area contributed by atoms with Crippen LogP contribution in [0.3, 0.4) is 0 Å². The Morgan fingerprint density at radius 2 is 1.86 bits per heavy atom. The highest BCUT2D eigenvalue weighted by molar-refractivity contribution is 7.15. The maximum absolute atomic E-state index is 9.33. The third-order valence-corrected chi connectivity index (χ3v) is 4.86. The summed E-state index contributed by atoms with van der Waals surface area (Å²) in [6.45, 7) is 0.203. The monoisotopic (exact) mass is 382 g/mol. The summed E-state index contributed by atoms with van der Waals surface area (Å²) >= 11 is 0. The standard InChI is InChI=1S/C11H16N4OP2.2H3OP/c16-5-7-1-2-9(15(7)18)8-4-14(17)10-3-12-6-13-11(8)10;2*1-2/h3-4,6-7,9,16H,1-2,5,17-18H2;2*1H,2H2. The lowest BCUT2D eigenvalue weighted by atomic mass is 10.1. The van der Waals surface area contributed by atoms with Gasteiger partial charge in [-0.1, -0.05) is 9.39 Å². The van der Waals surface area contributed by atoms with E-state index in [-0.39, 0.29) is 12.6 Å². The molecule has 6 atom stereocenters. The second-order valence-electron chi connectivity index (χ2n) is 4.63. The molecule has 0 bridgehead atoms. The molecule has 3 heterocycles. The summed E-state index contributed by atoms with van der Waals surface area (Å²) in [5.41, 5.74) is 3.22. The molecule has 22 heavy (non-hydrogen) atoms. The van der Waals surface area contributed by atoms with Crippen LogP contribution >= 0.6 is 37.7 Å². The molecule has 2 aromatic rings. The van der Waals surface area contributed by atoms with Gasteiger partial charge in [0.15, 0.2) is 0 Å². The molecule has 2 aromatic heterocycles. The third kappa shape index (κ3) is 4.17. The molecule has 0 amide bonds. The van der Waals surface area contributed by atoms with Crippen LogP contribution in [-0.4, -0.2) is 46.5 Å². The molecule has 3 N–H and O–H groups in total. The van der Waals surface area contributed by atoms with Crippen molar-refractivity contribution in [3.63, 3.8) is 0 Å². The Kier molecular flexibility index (Phi) is 9.31. The fraction of sp³-hybridized carbons (Fsp3) is 0.455. The van der Waals surface area contributed by atoms with E-state index >= 15 is 0 Å². The van der Waals surface area contributed by atoms with E-state index in [2.05, 4.69) is 39.6 Å². The van der Waals surface area contributed by atoms with E-state index in [0.29, 0.717) is 6.04 Å². The maximum atomic E-state index is 9.33. The summed E-state index contributed by atoms with van der Waals surface area (Å²) in [5.74, 6) is 0. The summed E-state index contributed by atoms with van der Waals surface area (Å²) in [7, 11) is 8.24. The van der Waals surface area contributed by atoms with Gasteiger partial charge >= 0.3 is 0 Å². The molecule has 0 radical (unpaired) electrons. The third-order valence-electron chi connectivity index (χ3n) is 3.65. The van der Waals surface area contributed by atoms with Gasteiger partial charge in [-0.25, -0.2) is 9.97 Å². The molecule has 1 aliphatic heterocycles. The number of aliphatic hydroxyl groups is 1. The van der Waals surface area contributed by atoms with Crippen molar-refractivity contribution in [1.29, 1.82) is 0 Å². The van der Waals surface area contributed by atoms with Crippen molar-refractivity contribution in [2.24, 2.45) is 0 Å². The minimum atomic E-state index is 0.203. The first-order valence-electron chi connectivity index (χ1n) is 6.44. The molecule has 7 nitrogen and oxygen atoms in total. The Morgan fingerprint density at radius 3 is 2.45 bits per heavy atom. The molecule has 1 saturated heterocycles. The zero-order chi connectivity index (χ0) is 16.7. The number of fused-ring (bicyclic) bond motifs is 1.